The second-order valence-electron chi connectivity index (χ2n) is 3.87. The lowest BCUT2D eigenvalue weighted by atomic mass is 10.2. The minimum Gasteiger partial charge on any atom is -0.314 e. The fourth-order valence-electron chi connectivity index (χ4n) is 1.85. The highest BCUT2D eigenvalue weighted by atomic mass is 32.1. The van der Waals surface area contributed by atoms with Gasteiger partial charge in [0.15, 0.2) is 0 Å². The smallest absolute Gasteiger partial charge is 0.0108 e. The van der Waals surface area contributed by atoms with Gasteiger partial charge in [0, 0.05) is 37.6 Å². The third-order valence-corrected chi connectivity index (χ3v) is 3.92. The van der Waals surface area contributed by atoms with Crippen LogP contribution in [0, 0.1) is 6.92 Å². The van der Waals surface area contributed by atoms with Crippen molar-refractivity contribution in [2.75, 3.05) is 32.7 Å². The number of hydrogen-bond acceptors (Lipinski definition) is 3. The van der Waals surface area contributed by atoms with Gasteiger partial charge >= 0.3 is 0 Å². The Bertz CT molecular complexity index is 277. The molecule has 1 aromatic rings. The van der Waals surface area contributed by atoms with Crippen molar-refractivity contribution < 1.29 is 0 Å². The minimum absolute atomic E-state index is 1.16. The molecule has 3 heteroatoms. The van der Waals surface area contributed by atoms with E-state index in [1.807, 2.05) is 11.3 Å². The summed E-state index contributed by atoms with van der Waals surface area (Å²) < 4.78 is 0. The van der Waals surface area contributed by atoms with Crippen LogP contribution in [0.1, 0.15) is 10.4 Å². The number of thiophene rings is 1. The van der Waals surface area contributed by atoms with E-state index >= 15 is 0 Å². The van der Waals surface area contributed by atoms with Gasteiger partial charge < -0.3 is 10.2 Å². The second kappa shape index (κ2) is 4.91. The molecule has 0 atom stereocenters. The number of rotatable bonds is 3. The number of nitrogens with zero attached hydrogens (tertiary/aromatic N) is 1. The van der Waals surface area contributed by atoms with Crippen LogP contribution in [0.4, 0.5) is 0 Å². The Morgan fingerprint density at radius 1 is 1.43 bits per heavy atom. The topological polar surface area (TPSA) is 15.3 Å². The zero-order chi connectivity index (χ0) is 9.80. The zero-order valence-corrected chi connectivity index (χ0v) is 9.57. The molecular weight excluding hydrogens is 192 g/mol. The standard InChI is InChI=1S/C11H18N2S/c1-10-3-9-14-11(10)2-6-13-7-4-12-5-8-13/h3,9,12H,2,4-8H2,1H3. The Balaban J connectivity index is 1.79. The molecule has 0 radical (unpaired) electrons. The first-order valence-electron chi connectivity index (χ1n) is 5.32. The molecule has 1 aliphatic rings. The SMILES string of the molecule is Cc1ccsc1CCN1CCNCC1. The molecule has 78 valence electrons. The molecular formula is C11H18N2S. The third-order valence-electron chi connectivity index (χ3n) is 2.83. The molecule has 1 fully saturated rings. The van der Waals surface area contributed by atoms with Gasteiger partial charge in [-0.25, -0.2) is 0 Å². The van der Waals surface area contributed by atoms with Gasteiger partial charge in [0.1, 0.15) is 0 Å². The summed E-state index contributed by atoms with van der Waals surface area (Å²) in [6.45, 7) is 8.17. The van der Waals surface area contributed by atoms with Gasteiger partial charge in [-0.2, -0.15) is 0 Å². The van der Waals surface area contributed by atoms with E-state index in [1.54, 1.807) is 4.88 Å². The van der Waals surface area contributed by atoms with Crippen LogP contribution in [0.15, 0.2) is 11.4 Å². The van der Waals surface area contributed by atoms with Gasteiger partial charge in [-0.15, -0.1) is 11.3 Å². The molecule has 1 aromatic heterocycles. The van der Waals surface area contributed by atoms with E-state index in [-0.39, 0.29) is 0 Å². The van der Waals surface area contributed by atoms with Crippen molar-refractivity contribution in [1.29, 1.82) is 0 Å². The van der Waals surface area contributed by atoms with Crippen molar-refractivity contribution >= 4 is 11.3 Å². The molecule has 0 aromatic carbocycles. The number of aryl methyl sites for hydroxylation is 1. The van der Waals surface area contributed by atoms with E-state index in [9.17, 15) is 0 Å². The van der Waals surface area contributed by atoms with Crippen LogP contribution >= 0.6 is 11.3 Å². The highest BCUT2D eigenvalue weighted by Crippen LogP contribution is 2.16. The van der Waals surface area contributed by atoms with Gasteiger partial charge in [0.2, 0.25) is 0 Å². The predicted octanol–water partition coefficient (Wildman–Crippen LogP) is 1.50. The summed E-state index contributed by atoms with van der Waals surface area (Å²) in [5.41, 5.74) is 1.46. The predicted molar refractivity (Wildman–Crippen MR) is 62.1 cm³/mol. The van der Waals surface area contributed by atoms with Gasteiger partial charge in [0.05, 0.1) is 0 Å². The molecule has 0 unspecified atom stereocenters. The Hall–Kier alpha value is -0.380. The molecule has 1 N–H and O–H groups in total. The second-order valence-corrected chi connectivity index (χ2v) is 4.87. The third kappa shape index (κ3) is 2.56. The quantitative estimate of drug-likeness (QED) is 0.813. The van der Waals surface area contributed by atoms with E-state index in [0.717, 1.165) is 13.1 Å². The highest BCUT2D eigenvalue weighted by molar-refractivity contribution is 7.10. The summed E-state index contributed by atoms with van der Waals surface area (Å²) in [5.74, 6) is 0. The monoisotopic (exact) mass is 210 g/mol. The van der Waals surface area contributed by atoms with Crippen molar-refractivity contribution in [2.24, 2.45) is 0 Å². The Kier molecular flexibility index (Phi) is 3.56. The largest absolute Gasteiger partial charge is 0.314 e. The lowest BCUT2D eigenvalue weighted by Gasteiger charge is -2.26. The average molecular weight is 210 g/mol. The number of hydrogen-bond donors (Lipinski definition) is 1. The van der Waals surface area contributed by atoms with Crippen LogP contribution in [0.2, 0.25) is 0 Å². The zero-order valence-electron chi connectivity index (χ0n) is 8.75. The van der Waals surface area contributed by atoms with E-state index in [4.69, 9.17) is 0 Å². The molecule has 0 saturated carbocycles. The Morgan fingerprint density at radius 2 is 2.21 bits per heavy atom. The fraction of sp³-hybridized carbons (Fsp3) is 0.636. The van der Waals surface area contributed by atoms with Crippen LogP contribution in [-0.2, 0) is 6.42 Å². The van der Waals surface area contributed by atoms with Crippen LogP contribution in [-0.4, -0.2) is 37.6 Å². The first kappa shape index (κ1) is 10.1. The number of piperazine rings is 1. The first-order valence-corrected chi connectivity index (χ1v) is 6.20. The molecule has 0 amide bonds. The van der Waals surface area contributed by atoms with Crippen LogP contribution in [0.25, 0.3) is 0 Å². The highest BCUT2D eigenvalue weighted by Gasteiger charge is 2.09. The van der Waals surface area contributed by atoms with Crippen molar-refractivity contribution in [3.63, 3.8) is 0 Å². The first-order chi connectivity index (χ1) is 6.86. The van der Waals surface area contributed by atoms with Gasteiger partial charge in [0.25, 0.3) is 0 Å². The average Bonchev–Trinajstić information content (AvgIpc) is 2.63. The molecule has 0 bridgehead atoms. The lowest BCUT2D eigenvalue weighted by molar-refractivity contribution is 0.244. The van der Waals surface area contributed by atoms with E-state index in [0.29, 0.717) is 0 Å². The van der Waals surface area contributed by atoms with Gasteiger partial charge in [-0.1, -0.05) is 0 Å². The summed E-state index contributed by atoms with van der Waals surface area (Å²) >= 11 is 1.90. The molecule has 1 aliphatic heterocycles. The summed E-state index contributed by atoms with van der Waals surface area (Å²) in [4.78, 5) is 4.11. The maximum absolute atomic E-state index is 3.38. The van der Waals surface area contributed by atoms with Crippen molar-refractivity contribution in [2.45, 2.75) is 13.3 Å². The van der Waals surface area contributed by atoms with Crippen LogP contribution in [0.3, 0.4) is 0 Å². The lowest BCUT2D eigenvalue weighted by Crippen LogP contribution is -2.44. The van der Waals surface area contributed by atoms with Crippen molar-refractivity contribution in [3.05, 3.63) is 21.9 Å². The van der Waals surface area contributed by atoms with E-state index in [2.05, 4.69) is 28.6 Å². The van der Waals surface area contributed by atoms with Crippen molar-refractivity contribution in [3.8, 4) is 0 Å². The molecule has 1 saturated heterocycles. The molecule has 0 aliphatic carbocycles. The van der Waals surface area contributed by atoms with Gasteiger partial charge in [-0.05, 0) is 30.4 Å². The maximum atomic E-state index is 3.38. The summed E-state index contributed by atoms with van der Waals surface area (Å²) in [6.07, 6.45) is 1.23. The van der Waals surface area contributed by atoms with Crippen LogP contribution in [0.5, 0.6) is 0 Å². The summed E-state index contributed by atoms with van der Waals surface area (Å²) in [7, 11) is 0. The molecule has 14 heavy (non-hydrogen) atoms. The molecule has 2 rings (SSSR count). The Labute approximate surface area is 89.9 Å². The minimum atomic E-state index is 1.16. The fourth-order valence-corrected chi connectivity index (χ4v) is 2.75. The Morgan fingerprint density at radius 3 is 2.86 bits per heavy atom. The molecule has 2 nitrogen and oxygen atoms in total. The maximum Gasteiger partial charge on any atom is 0.0108 e. The van der Waals surface area contributed by atoms with E-state index in [1.165, 1.54) is 31.6 Å². The molecule has 2 heterocycles. The summed E-state index contributed by atoms with van der Waals surface area (Å²) in [5, 5.41) is 5.58. The van der Waals surface area contributed by atoms with Gasteiger partial charge in [-0.3, -0.25) is 0 Å². The van der Waals surface area contributed by atoms with Crippen LogP contribution < -0.4 is 5.32 Å². The van der Waals surface area contributed by atoms with E-state index < -0.39 is 0 Å². The normalized spacial score (nSPS) is 18.6. The van der Waals surface area contributed by atoms with Crippen molar-refractivity contribution in [1.82, 2.24) is 10.2 Å². The number of nitrogens with one attached hydrogen (secondary N) is 1. The molecule has 0 spiro atoms. The summed E-state index contributed by atoms with van der Waals surface area (Å²) in [6, 6.07) is 2.22.